The van der Waals surface area contributed by atoms with Crippen LogP contribution in [0.5, 0.6) is 0 Å². The van der Waals surface area contributed by atoms with Gasteiger partial charge in [-0.3, -0.25) is 9.36 Å². The van der Waals surface area contributed by atoms with Crippen molar-refractivity contribution in [3.8, 4) is 5.69 Å². The molecule has 0 amide bonds. The second-order valence-electron chi connectivity index (χ2n) is 7.13. The smallest absolute Gasteiger partial charge is 0.266 e. The van der Waals surface area contributed by atoms with E-state index in [9.17, 15) is 4.79 Å². The maximum Gasteiger partial charge on any atom is 0.266 e. The Hall–Kier alpha value is -1.82. The number of nitrogens with zero attached hydrogens (tertiary/aromatic N) is 3. The molecule has 4 nitrogen and oxygen atoms in total. The van der Waals surface area contributed by atoms with Gasteiger partial charge in [0.2, 0.25) is 0 Å². The molecule has 2 heterocycles. The summed E-state index contributed by atoms with van der Waals surface area (Å²) in [4.78, 5) is 20.5. The SMILES string of the molecule is O=c1c2ccccc2nc(SCCCN2CCCCC2)n1-c1ccc(Cl)cc1. The minimum Gasteiger partial charge on any atom is -0.303 e. The van der Waals surface area contributed by atoms with Crippen molar-refractivity contribution in [3.63, 3.8) is 0 Å². The maximum atomic E-state index is 13.2. The molecule has 28 heavy (non-hydrogen) atoms. The zero-order valence-electron chi connectivity index (χ0n) is 15.8. The van der Waals surface area contributed by atoms with E-state index in [-0.39, 0.29) is 5.56 Å². The van der Waals surface area contributed by atoms with Crippen LogP contribution in [0, 0.1) is 0 Å². The summed E-state index contributed by atoms with van der Waals surface area (Å²) in [6.07, 6.45) is 5.08. The summed E-state index contributed by atoms with van der Waals surface area (Å²) < 4.78 is 1.71. The Balaban J connectivity index is 1.59. The number of rotatable bonds is 6. The van der Waals surface area contributed by atoms with E-state index in [1.54, 1.807) is 16.3 Å². The number of aromatic nitrogens is 2. The molecule has 0 N–H and O–H groups in total. The van der Waals surface area contributed by atoms with E-state index in [2.05, 4.69) is 4.90 Å². The van der Waals surface area contributed by atoms with E-state index in [1.807, 2.05) is 48.5 Å². The Morgan fingerprint density at radius 1 is 1.00 bits per heavy atom. The van der Waals surface area contributed by atoms with Gasteiger partial charge in [-0.05, 0) is 75.3 Å². The number of thioether (sulfide) groups is 1. The summed E-state index contributed by atoms with van der Waals surface area (Å²) in [5.74, 6) is 0.939. The van der Waals surface area contributed by atoms with Crippen LogP contribution in [-0.4, -0.2) is 39.8 Å². The molecule has 0 atom stereocenters. The first-order chi connectivity index (χ1) is 13.7. The van der Waals surface area contributed by atoms with Gasteiger partial charge in [-0.2, -0.15) is 0 Å². The van der Waals surface area contributed by atoms with Crippen LogP contribution in [0.4, 0.5) is 0 Å². The zero-order chi connectivity index (χ0) is 19.3. The molecule has 0 radical (unpaired) electrons. The predicted molar refractivity (Wildman–Crippen MR) is 118 cm³/mol. The monoisotopic (exact) mass is 413 g/mol. The fourth-order valence-corrected chi connectivity index (χ4v) is 4.72. The molecule has 0 spiro atoms. The summed E-state index contributed by atoms with van der Waals surface area (Å²) in [7, 11) is 0. The predicted octanol–water partition coefficient (Wildman–Crippen LogP) is 5.01. The number of hydrogen-bond acceptors (Lipinski definition) is 4. The van der Waals surface area contributed by atoms with Crippen LogP contribution in [0.1, 0.15) is 25.7 Å². The van der Waals surface area contributed by atoms with Crippen molar-refractivity contribution in [3.05, 3.63) is 63.9 Å². The maximum absolute atomic E-state index is 13.2. The Bertz CT molecular complexity index is 997. The molecule has 1 aliphatic rings. The Morgan fingerprint density at radius 2 is 1.75 bits per heavy atom. The van der Waals surface area contributed by atoms with Crippen LogP contribution in [0.2, 0.25) is 5.02 Å². The molecule has 3 aromatic rings. The highest BCUT2D eigenvalue weighted by Gasteiger charge is 2.14. The molecule has 1 saturated heterocycles. The highest BCUT2D eigenvalue weighted by atomic mass is 35.5. The van der Waals surface area contributed by atoms with Gasteiger partial charge in [0.25, 0.3) is 5.56 Å². The van der Waals surface area contributed by atoms with Gasteiger partial charge >= 0.3 is 0 Å². The van der Waals surface area contributed by atoms with E-state index in [0.29, 0.717) is 10.4 Å². The topological polar surface area (TPSA) is 38.1 Å². The molecule has 0 saturated carbocycles. The number of para-hydroxylation sites is 1. The van der Waals surface area contributed by atoms with Crippen molar-refractivity contribution < 1.29 is 0 Å². The third-order valence-electron chi connectivity index (χ3n) is 5.13. The van der Waals surface area contributed by atoms with E-state index >= 15 is 0 Å². The molecule has 1 aromatic heterocycles. The number of likely N-dealkylation sites (tertiary alicyclic amines) is 1. The third kappa shape index (κ3) is 4.43. The first-order valence-electron chi connectivity index (χ1n) is 9.85. The number of fused-ring (bicyclic) bond motifs is 1. The van der Waals surface area contributed by atoms with Gasteiger partial charge in [0.15, 0.2) is 5.16 Å². The first kappa shape index (κ1) is 19.5. The highest BCUT2D eigenvalue weighted by Crippen LogP contribution is 2.23. The number of piperidine rings is 1. The van der Waals surface area contributed by atoms with Crippen molar-refractivity contribution in [2.75, 3.05) is 25.4 Å². The van der Waals surface area contributed by atoms with E-state index in [4.69, 9.17) is 16.6 Å². The van der Waals surface area contributed by atoms with Crippen molar-refractivity contribution >= 4 is 34.3 Å². The van der Waals surface area contributed by atoms with Crippen molar-refractivity contribution in [1.29, 1.82) is 0 Å². The second kappa shape index (κ2) is 9.12. The summed E-state index contributed by atoms with van der Waals surface area (Å²) in [6, 6.07) is 14.9. The fourth-order valence-electron chi connectivity index (χ4n) is 3.66. The minimum absolute atomic E-state index is 0.0357. The molecule has 1 aliphatic heterocycles. The van der Waals surface area contributed by atoms with Crippen LogP contribution < -0.4 is 5.56 Å². The largest absolute Gasteiger partial charge is 0.303 e. The third-order valence-corrected chi connectivity index (χ3v) is 6.41. The lowest BCUT2D eigenvalue weighted by atomic mass is 10.1. The van der Waals surface area contributed by atoms with Gasteiger partial charge in [-0.25, -0.2) is 4.98 Å². The summed E-state index contributed by atoms with van der Waals surface area (Å²) in [5.41, 5.74) is 1.51. The van der Waals surface area contributed by atoms with E-state index in [1.165, 1.54) is 32.4 Å². The molecule has 2 aromatic carbocycles. The molecule has 1 fully saturated rings. The Morgan fingerprint density at radius 3 is 2.54 bits per heavy atom. The fraction of sp³-hybridized carbons (Fsp3) is 0.364. The summed E-state index contributed by atoms with van der Waals surface area (Å²) >= 11 is 7.69. The average molecular weight is 414 g/mol. The average Bonchev–Trinajstić information content (AvgIpc) is 2.73. The summed E-state index contributed by atoms with van der Waals surface area (Å²) in [5, 5.41) is 2.03. The normalized spacial score (nSPS) is 15.2. The van der Waals surface area contributed by atoms with Gasteiger partial charge in [-0.1, -0.05) is 41.9 Å². The molecular formula is C22H24ClN3OS. The van der Waals surface area contributed by atoms with Gasteiger partial charge in [-0.15, -0.1) is 0 Å². The Kier molecular flexibility index (Phi) is 6.35. The lowest BCUT2D eigenvalue weighted by Gasteiger charge is -2.26. The van der Waals surface area contributed by atoms with Crippen molar-refractivity contribution in [2.45, 2.75) is 30.8 Å². The summed E-state index contributed by atoms with van der Waals surface area (Å²) in [6.45, 7) is 3.55. The quantitative estimate of drug-likeness (QED) is 0.323. The van der Waals surface area contributed by atoms with Crippen LogP contribution in [-0.2, 0) is 0 Å². The van der Waals surface area contributed by atoms with Crippen LogP contribution in [0.25, 0.3) is 16.6 Å². The van der Waals surface area contributed by atoms with Gasteiger partial charge < -0.3 is 4.90 Å². The highest BCUT2D eigenvalue weighted by molar-refractivity contribution is 7.99. The minimum atomic E-state index is -0.0357. The van der Waals surface area contributed by atoms with Crippen LogP contribution in [0.3, 0.4) is 0 Å². The van der Waals surface area contributed by atoms with E-state index in [0.717, 1.165) is 35.1 Å². The second-order valence-corrected chi connectivity index (χ2v) is 8.63. The zero-order valence-corrected chi connectivity index (χ0v) is 17.4. The molecule has 0 aliphatic carbocycles. The molecule has 0 unspecified atom stereocenters. The number of halogens is 1. The molecule has 146 valence electrons. The molecular weight excluding hydrogens is 390 g/mol. The van der Waals surface area contributed by atoms with Crippen molar-refractivity contribution in [1.82, 2.24) is 14.5 Å². The number of benzene rings is 2. The van der Waals surface area contributed by atoms with Crippen LogP contribution in [0.15, 0.2) is 58.5 Å². The lowest BCUT2D eigenvalue weighted by Crippen LogP contribution is -2.30. The standard InChI is InChI=1S/C22H24ClN3OS/c23-17-9-11-18(12-10-17)26-21(27)19-7-2-3-8-20(19)24-22(26)28-16-6-15-25-13-4-1-5-14-25/h2-3,7-12H,1,4-6,13-16H2. The van der Waals surface area contributed by atoms with Gasteiger partial charge in [0, 0.05) is 10.8 Å². The molecule has 4 rings (SSSR count). The first-order valence-corrected chi connectivity index (χ1v) is 11.2. The van der Waals surface area contributed by atoms with Gasteiger partial charge in [0.05, 0.1) is 16.6 Å². The molecule has 6 heteroatoms. The number of hydrogen-bond donors (Lipinski definition) is 0. The van der Waals surface area contributed by atoms with Crippen molar-refractivity contribution in [2.24, 2.45) is 0 Å². The van der Waals surface area contributed by atoms with Gasteiger partial charge in [0.1, 0.15) is 0 Å². The van der Waals surface area contributed by atoms with Crippen LogP contribution >= 0.6 is 23.4 Å². The Labute approximate surface area is 174 Å². The molecule has 0 bridgehead atoms. The lowest BCUT2D eigenvalue weighted by molar-refractivity contribution is 0.230. The van der Waals surface area contributed by atoms with E-state index < -0.39 is 0 Å².